The maximum absolute atomic E-state index is 11.7. The Balaban J connectivity index is 1.95. The van der Waals surface area contributed by atoms with E-state index in [2.05, 4.69) is 5.32 Å². The second-order valence-corrected chi connectivity index (χ2v) is 6.15. The fourth-order valence-corrected chi connectivity index (χ4v) is 2.31. The molecule has 9 heteroatoms. The molecule has 1 aromatic carbocycles. The zero-order chi connectivity index (χ0) is 17.0. The van der Waals surface area contributed by atoms with Gasteiger partial charge in [-0.25, -0.2) is 18.4 Å². The highest BCUT2D eigenvalue weighted by atomic mass is 32.2. The monoisotopic (exact) mass is 338 g/mol. The lowest BCUT2D eigenvalue weighted by molar-refractivity contribution is -0.119. The minimum Gasteiger partial charge on any atom is -0.469 e. The number of anilines is 1. The number of nitrogens with two attached hydrogens (primary N) is 1. The van der Waals surface area contributed by atoms with Gasteiger partial charge in [0.2, 0.25) is 10.0 Å². The lowest BCUT2D eigenvalue weighted by Gasteiger charge is -2.07. The number of benzene rings is 1. The molecule has 2 rings (SSSR count). The van der Waals surface area contributed by atoms with Gasteiger partial charge >= 0.3 is 5.97 Å². The highest BCUT2D eigenvalue weighted by Crippen LogP contribution is 2.14. The molecule has 3 N–H and O–H groups in total. The molecule has 0 saturated heterocycles. The summed E-state index contributed by atoms with van der Waals surface area (Å²) in [5.74, 6) is -0.924. The zero-order valence-electron chi connectivity index (χ0n) is 12.1. The number of carbonyl (C=O) groups excluding carboxylic acids is 2. The van der Waals surface area contributed by atoms with Crippen molar-refractivity contribution in [3.05, 3.63) is 47.9 Å². The minimum atomic E-state index is -3.87. The Kier molecular flexibility index (Phi) is 4.82. The van der Waals surface area contributed by atoms with E-state index in [-0.39, 0.29) is 16.1 Å². The van der Waals surface area contributed by atoms with E-state index < -0.39 is 28.5 Å². The zero-order valence-corrected chi connectivity index (χ0v) is 12.9. The van der Waals surface area contributed by atoms with Gasteiger partial charge in [0.05, 0.1) is 11.2 Å². The molecule has 0 saturated carbocycles. The Bertz CT molecular complexity index is 840. The van der Waals surface area contributed by atoms with Gasteiger partial charge in [-0.15, -0.1) is 0 Å². The number of sulfonamides is 1. The number of hydrogen-bond acceptors (Lipinski definition) is 6. The van der Waals surface area contributed by atoms with E-state index in [1.807, 2.05) is 0 Å². The number of carbonyl (C=O) groups is 2. The number of rotatable bonds is 5. The molecule has 0 spiro atoms. The molecule has 122 valence electrons. The summed E-state index contributed by atoms with van der Waals surface area (Å²) >= 11 is 0. The van der Waals surface area contributed by atoms with Gasteiger partial charge in [-0.05, 0) is 31.2 Å². The Labute approximate surface area is 132 Å². The normalized spacial score (nSPS) is 11.0. The van der Waals surface area contributed by atoms with Crippen molar-refractivity contribution >= 4 is 27.6 Å². The van der Waals surface area contributed by atoms with Gasteiger partial charge in [0, 0.05) is 5.69 Å². The average molecular weight is 338 g/mol. The summed E-state index contributed by atoms with van der Waals surface area (Å²) in [5, 5.41) is 7.41. The van der Waals surface area contributed by atoms with Crippen molar-refractivity contribution in [2.75, 3.05) is 11.9 Å². The standard InChI is InChI=1S/C14H14N2O6S/c1-9-12(5-6-21-9)14(18)22-8-13(17)16-10-3-2-4-11(7-10)23(15,19)20/h2-7H,8H2,1H3,(H,16,17)(H2,15,19,20). The molecule has 0 aliphatic heterocycles. The Morgan fingerprint density at radius 1 is 1.30 bits per heavy atom. The topological polar surface area (TPSA) is 129 Å². The molecule has 0 aliphatic rings. The summed E-state index contributed by atoms with van der Waals surface area (Å²) in [6, 6.07) is 6.85. The molecule has 0 aliphatic carbocycles. The van der Waals surface area contributed by atoms with E-state index in [0.29, 0.717) is 5.76 Å². The average Bonchev–Trinajstić information content (AvgIpc) is 2.90. The smallest absolute Gasteiger partial charge is 0.342 e. The van der Waals surface area contributed by atoms with E-state index in [1.54, 1.807) is 6.92 Å². The predicted molar refractivity (Wildman–Crippen MR) is 80.2 cm³/mol. The predicted octanol–water partition coefficient (Wildman–Crippen LogP) is 1.03. The third-order valence-electron chi connectivity index (χ3n) is 2.86. The molecule has 0 radical (unpaired) electrons. The number of amides is 1. The van der Waals surface area contributed by atoms with Gasteiger partial charge in [0.25, 0.3) is 5.91 Å². The SMILES string of the molecule is Cc1occc1C(=O)OCC(=O)Nc1cccc(S(N)(=O)=O)c1. The first-order valence-corrected chi connectivity index (χ1v) is 7.96. The first-order valence-electron chi connectivity index (χ1n) is 6.41. The highest BCUT2D eigenvalue weighted by molar-refractivity contribution is 7.89. The molecule has 0 fully saturated rings. The molecule has 1 amide bonds. The molecule has 0 atom stereocenters. The molecular weight excluding hydrogens is 324 g/mol. The van der Waals surface area contributed by atoms with E-state index in [9.17, 15) is 18.0 Å². The van der Waals surface area contributed by atoms with Crippen LogP contribution in [0.25, 0.3) is 0 Å². The van der Waals surface area contributed by atoms with Crippen molar-refractivity contribution in [3.63, 3.8) is 0 Å². The van der Waals surface area contributed by atoms with Gasteiger partial charge in [0.15, 0.2) is 6.61 Å². The van der Waals surface area contributed by atoms with Gasteiger partial charge in [-0.2, -0.15) is 0 Å². The molecule has 1 heterocycles. The number of ether oxygens (including phenoxy) is 1. The lowest BCUT2D eigenvalue weighted by Crippen LogP contribution is -2.21. The second kappa shape index (κ2) is 6.63. The van der Waals surface area contributed by atoms with Crippen LogP contribution in [0.1, 0.15) is 16.1 Å². The summed E-state index contributed by atoms with van der Waals surface area (Å²) in [5.41, 5.74) is 0.450. The second-order valence-electron chi connectivity index (χ2n) is 4.59. The Morgan fingerprint density at radius 3 is 2.65 bits per heavy atom. The van der Waals surface area contributed by atoms with Crippen LogP contribution in [0, 0.1) is 6.92 Å². The third-order valence-corrected chi connectivity index (χ3v) is 3.77. The van der Waals surface area contributed by atoms with Gasteiger partial charge in [-0.3, -0.25) is 4.79 Å². The first-order chi connectivity index (χ1) is 10.8. The number of aryl methyl sites for hydroxylation is 1. The summed E-state index contributed by atoms with van der Waals surface area (Å²) < 4.78 is 32.3. The van der Waals surface area contributed by atoms with E-state index in [1.165, 1.54) is 36.6 Å². The van der Waals surface area contributed by atoms with Crippen LogP contribution in [-0.2, 0) is 19.6 Å². The van der Waals surface area contributed by atoms with Crippen LogP contribution in [-0.4, -0.2) is 26.9 Å². The number of nitrogens with one attached hydrogen (secondary N) is 1. The van der Waals surface area contributed by atoms with E-state index in [0.717, 1.165) is 0 Å². The molecule has 8 nitrogen and oxygen atoms in total. The van der Waals surface area contributed by atoms with Crippen molar-refractivity contribution in [2.45, 2.75) is 11.8 Å². The van der Waals surface area contributed by atoms with Gasteiger partial charge in [0.1, 0.15) is 11.3 Å². The molecule has 0 unspecified atom stereocenters. The van der Waals surface area contributed by atoms with Gasteiger partial charge < -0.3 is 14.5 Å². The summed E-state index contributed by atoms with van der Waals surface area (Å²) in [7, 11) is -3.87. The summed E-state index contributed by atoms with van der Waals surface area (Å²) in [6.45, 7) is 1.07. The number of esters is 1. The highest BCUT2D eigenvalue weighted by Gasteiger charge is 2.15. The first kappa shape index (κ1) is 16.7. The maximum Gasteiger partial charge on any atom is 0.342 e. The maximum atomic E-state index is 11.7. The Morgan fingerprint density at radius 2 is 2.04 bits per heavy atom. The quantitative estimate of drug-likeness (QED) is 0.783. The molecular formula is C14H14N2O6S. The summed E-state index contributed by atoms with van der Waals surface area (Å²) in [6.07, 6.45) is 1.34. The lowest BCUT2D eigenvalue weighted by atomic mass is 10.3. The van der Waals surface area contributed by atoms with E-state index >= 15 is 0 Å². The van der Waals surface area contributed by atoms with Crippen LogP contribution in [0.3, 0.4) is 0 Å². The number of furan rings is 1. The van der Waals surface area contributed by atoms with Crippen molar-refractivity contribution in [1.82, 2.24) is 0 Å². The van der Waals surface area contributed by atoms with Gasteiger partial charge in [-0.1, -0.05) is 6.07 Å². The molecule has 0 bridgehead atoms. The summed E-state index contributed by atoms with van der Waals surface area (Å²) in [4.78, 5) is 23.3. The minimum absolute atomic E-state index is 0.138. The Hall–Kier alpha value is -2.65. The number of primary sulfonamides is 1. The molecule has 23 heavy (non-hydrogen) atoms. The fraction of sp³-hybridized carbons (Fsp3) is 0.143. The van der Waals surface area contributed by atoms with E-state index in [4.69, 9.17) is 14.3 Å². The third kappa shape index (κ3) is 4.41. The molecule has 1 aromatic heterocycles. The van der Waals surface area contributed by atoms with Crippen LogP contribution in [0.15, 0.2) is 45.9 Å². The van der Waals surface area contributed by atoms with Crippen LogP contribution < -0.4 is 10.5 Å². The molecule has 2 aromatic rings. The van der Waals surface area contributed by atoms with Crippen molar-refractivity contribution in [3.8, 4) is 0 Å². The van der Waals surface area contributed by atoms with Crippen molar-refractivity contribution in [1.29, 1.82) is 0 Å². The van der Waals surface area contributed by atoms with Crippen LogP contribution >= 0.6 is 0 Å². The van der Waals surface area contributed by atoms with Crippen molar-refractivity contribution in [2.24, 2.45) is 5.14 Å². The van der Waals surface area contributed by atoms with Crippen molar-refractivity contribution < 1.29 is 27.2 Å². The number of hydrogen-bond donors (Lipinski definition) is 2. The van der Waals surface area contributed by atoms with Crippen LogP contribution in [0.4, 0.5) is 5.69 Å². The largest absolute Gasteiger partial charge is 0.469 e. The van der Waals surface area contributed by atoms with Crippen LogP contribution in [0.2, 0.25) is 0 Å². The van der Waals surface area contributed by atoms with Crippen LogP contribution in [0.5, 0.6) is 0 Å². The fourth-order valence-electron chi connectivity index (χ4n) is 1.75.